The van der Waals surface area contributed by atoms with Crippen molar-refractivity contribution < 1.29 is 4.79 Å². The van der Waals surface area contributed by atoms with Crippen molar-refractivity contribution in [3.63, 3.8) is 0 Å². The fourth-order valence-electron chi connectivity index (χ4n) is 3.76. The predicted octanol–water partition coefficient (Wildman–Crippen LogP) is 5.88. The monoisotopic (exact) mass is 456 g/mol. The van der Waals surface area contributed by atoms with Gasteiger partial charge in [-0.25, -0.2) is 0 Å². The third-order valence-corrected chi connectivity index (χ3v) is 5.58. The predicted molar refractivity (Wildman–Crippen MR) is 135 cm³/mol. The zero-order valence-corrected chi connectivity index (χ0v) is 19.4. The maximum atomic E-state index is 10.8. The molecule has 0 bridgehead atoms. The molecule has 5 nitrogen and oxygen atoms in total. The second-order valence-corrected chi connectivity index (χ2v) is 8.39. The van der Waals surface area contributed by atoms with Gasteiger partial charge in [0.15, 0.2) is 0 Å². The van der Waals surface area contributed by atoms with Crippen molar-refractivity contribution >= 4 is 39.7 Å². The smallest absolute Gasteiger partial charge is 0.150 e. The summed E-state index contributed by atoms with van der Waals surface area (Å²) in [5.74, 6) is 0. The highest BCUT2D eigenvalue weighted by Crippen LogP contribution is 2.22. The van der Waals surface area contributed by atoms with Crippen LogP contribution < -0.4 is 5.32 Å². The Morgan fingerprint density at radius 3 is 2.76 bits per heavy atom. The van der Waals surface area contributed by atoms with Gasteiger partial charge in [-0.15, -0.1) is 0 Å². The molecule has 166 valence electrons. The Labute approximate surface area is 197 Å². The number of aromatic nitrogens is 3. The lowest BCUT2D eigenvalue weighted by Crippen LogP contribution is -2.03. The van der Waals surface area contributed by atoms with Gasteiger partial charge in [0.25, 0.3) is 0 Å². The van der Waals surface area contributed by atoms with Crippen molar-refractivity contribution in [2.75, 3.05) is 7.05 Å². The molecular formula is C27H25ClN4O. The van der Waals surface area contributed by atoms with E-state index in [0.717, 1.165) is 45.5 Å². The molecule has 5 rings (SSSR count). The minimum atomic E-state index is 0.660. The molecular weight excluding hydrogens is 432 g/mol. The van der Waals surface area contributed by atoms with Crippen LogP contribution in [-0.2, 0) is 13.0 Å². The van der Waals surface area contributed by atoms with Crippen LogP contribution in [0.5, 0.6) is 0 Å². The molecule has 0 radical (unpaired) electrons. The number of rotatable bonds is 5. The highest BCUT2D eigenvalue weighted by Gasteiger charge is 2.03. The van der Waals surface area contributed by atoms with Gasteiger partial charge in [-0.3, -0.25) is 14.8 Å². The van der Waals surface area contributed by atoms with Crippen LogP contribution in [0.25, 0.3) is 21.8 Å². The van der Waals surface area contributed by atoms with Crippen molar-refractivity contribution in [1.29, 1.82) is 0 Å². The van der Waals surface area contributed by atoms with Gasteiger partial charge in [0.05, 0.1) is 5.52 Å². The number of carbonyl (C=O) groups excluding carboxylic acids is 1. The van der Waals surface area contributed by atoms with Crippen LogP contribution in [0, 0.1) is 6.92 Å². The summed E-state index contributed by atoms with van der Waals surface area (Å²) < 4.78 is 0. The number of aldehydes is 1. The second kappa shape index (κ2) is 10.4. The van der Waals surface area contributed by atoms with Gasteiger partial charge in [0, 0.05) is 64.1 Å². The van der Waals surface area contributed by atoms with Crippen molar-refractivity contribution in [1.82, 2.24) is 20.3 Å². The molecule has 3 aromatic heterocycles. The van der Waals surface area contributed by atoms with Crippen LogP contribution in [0.15, 0.2) is 73.2 Å². The van der Waals surface area contributed by atoms with Gasteiger partial charge in [-0.1, -0.05) is 17.7 Å². The topological polar surface area (TPSA) is 70.7 Å². The number of carbonyl (C=O) groups is 1. The summed E-state index contributed by atoms with van der Waals surface area (Å²) in [6, 6.07) is 17.7. The van der Waals surface area contributed by atoms with Crippen LogP contribution >= 0.6 is 11.6 Å². The summed E-state index contributed by atoms with van der Waals surface area (Å²) >= 11 is 5.91. The van der Waals surface area contributed by atoms with Crippen LogP contribution in [0.3, 0.4) is 0 Å². The fourth-order valence-corrected chi connectivity index (χ4v) is 3.94. The number of fused-ring (bicyclic) bond motifs is 2. The van der Waals surface area contributed by atoms with Crippen molar-refractivity contribution in [3.05, 3.63) is 106 Å². The van der Waals surface area contributed by atoms with Gasteiger partial charge >= 0.3 is 0 Å². The molecule has 0 fully saturated rings. The molecule has 6 heteroatoms. The Hall–Kier alpha value is -3.54. The maximum absolute atomic E-state index is 10.8. The SMILES string of the molecule is CNCc1c[nH]c2ccc(Cl)cc12.Cc1cnc2ccc(Cc3cc(C=O)ccn3)cc2c1. The molecule has 0 unspecified atom stereocenters. The number of aromatic amines is 1. The summed E-state index contributed by atoms with van der Waals surface area (Å²) in [5.41, 5.74) is 7.25. The maximum Gasteiger partial charge on any atom is 0.150 e. The standard InChI is InChI=1S/C17H14N2O.C10H11ClN2/c1-12-6-15-7-13(2-3-17(15)19-10-12)8-16-9-14(11-20)4-5-18-16;1-12-5-7-6-13-10-3-2-8(11)4-9(7)10/h2-7,9-11H,8H2,1H3;2-4,6,12-13H,5H2,1H3. The normalized spacial score (nSPS) is 10.8. The quantitative estimate of drug-likeness (QED) is 0.324. The molecule has 33 heavy (non-hydrogen) atoms. The summed E-state index contributed by atoms with van der Waals surface area (Å²) in [4.78, 5) is 22.7. The molecule has 5 aromatic rings. The van der Waals surface area contributed by atoms with Crippen LogP contribution in [0.2, 0.25) is 5.02 Å². The number of hydrogen-bond acceptors (Lipinski definition) is 4. The largest absolute Gasteiger partial charge is 0.361 e. The number of halogens is 1. The number of benzene rings is 2. The van der Waals surface area contributed by atoms with Gasteiger partial charge in [0.1, 0.15) is 6.29 Å². The van der Waals surface area contributed by atoms with E-state index in [9.17, 15) is 4.79 Å². The zero-order chi connectivity index (χ0) is 23.2. The van der Waals surface area contributed by atoms with E-state index < -0.39 is 0 Å². The Morgan fingerprint density at radius 1 is 1.06 bits per heavy atom. The summed E-state index contributed by atoms with van der Waals surface area (Å²) in [7, 11) is 1.93. The Morgan fingerprint density at radius 2 is 1.94 bits per heavy atom. The minimum absolute atomic E-state index is 0.660. The third-order valence-electron chi connectivity index (χ3n) is 5.34. The van der Waals surface area contributed by atoms with Crippen LogP contribution in [-0.4, -0.2) is 28.3 Å². The van der Waals surface area contributed by atoms with Gasteiger partial charge in [-0.2, -0.15) is 0 Å². The first-order chi connectivity index (χ1) is 16.1. The van der Waals surface area contributed by atoms with E-state index >= 15 is 0 Å². The van der Waals surface area contributed by atoms with Gasteiger partial charge in [-0.05, 0) is 79.2 Å². The molecule has 0 spiro atoms. The fraction of sp³-hybridized carbons (Fsp3) is 0.148. The molecule has 0 atom stereocenters. The first-order valence-electron chi connectivity index (χ1n) is 10.7. The molecule has 0 saturated heterocycles. The number of nitrogens with one attached hydrogen (secondary N) is 2. The number of nitrogens with zero attached hydrogens (tertiary/aromatic N) is 2. The Bertz CT molecular complexity index is 1410. The summed E-state index contributed by atoms with van der Waals surface area (Å²) in [6.45, 7) is 2.90. The number of hydrogen-bond donors (Lipinski definition) is 2. The minimum Gasteiger partial charge on any atom is -0.361 e. The first kappa shape index (κ1) is 22.6. The van der Waals surface area contributed by atoms with Crippen molar-refractivity contribution in [3.8, 4) is 0 Å². The molecule has 3 heterocycles. The molecule has 0 saturated carbocycles. The van der Waals surface area contributed by atoms with Crippen molar-refractivity contribution in [2.45, 2.75) is 19.9 Å². The Balaban J connectivity index is 0.000000172. The lowest BCUT2D eigenvalue weighted by atomic mass is 10.0. The summed E-state index contributed by atoms with van der Waals surface area (Å²) in [5, 5.41) is 6.23. The van der Waals surface area contributed by atoms with E-state index in [1.165, 1.54) is 16.5 Å². The van der Waals surface area contributed by atoms with Crippen LogP contribution in [0.1, 0.15) is 32.7 Å². The van der Waals surface area contributed by atoms with Gasteiger partial charge < -0.3 is 10.3 Å². The second-order valence-electron chi connectivity index (χ2n) is 7.95. The molecule has 2 N–H and O–H groups in total. The van der Waals surface area contributed by atoms with E-state index in [1.54, 1.807) is 12.3 Å². The van der Waals surface area contributed by atoms with Crippen molar-refractivity contribution in [2.24, 2.45) is 0 Å². The molecule has 0 aliphatic heterocycles. The van der Waals surface area contributed by atoms with Crippen LogP contribution in [0.4, 0.5) is 0 Å². The van der Waals surface area contributed by atoms with E-state index in [1.807, 2.05) is 56.7 Å². The Kier molecular flexibility index (Phi) is 7.13. The van der Waals surface area contributed by atoms with E-state index in [0.29, 0.717) is 12.0 Å². The lowest BCUT2D eigenvalue weighted by molar-refractivity contribution is 0.112. The molecule has 0 aliphatic rings. The molecule has 0 aliphatic carbocycles. The molecule has 2 aromatic carbocycles. The lowest BCUT2D eigenvalue weighted by Gasteiger charge is -2.04. The zero-order valence-electron chi connectivity index (χ0n) is 18.6. The summed E-state index contributed by atoms with van der Waals surface area (Å²) in [6.07, 6.45) is 7.12. The number of H-pyrrole nitrogens is 1. The average molecular weight is 457 g/mol. The number of pyridine rings is 2. The first-order valence-corrected chi connectivity index (χ1v) is 11.1. The third kappa shape index (κ3) is 5.64. The highest BCUT2D eigenvalue weighted by atomic mass is 35.5. The number of aryl methyl sites for hydroxylation is 1. The van der Waals surface area contributed by atoms with E-state index in [4.69, 9.17) is 11.6 Å². The van der Waals surface area contributed by atoms with Gasteiger partial charge in [0.2, 0.25) is 0 Å². The highest BCUT2D eigenvalue weighted by molar-refractivity contribution is 6.31. The molecule has 0 amide bonds. The average Bonchev–Trinajstić information content (AvgIpc) is 3.21. The van der Waals surface area contributed by atoms with E-state index in [-0.39, 0.29) is 0 Å². The van der Waals surface area contributed by atoms with E-state index in [2.05, 4.69) is 38.5 Å².